The molecule has 19 heteroatoms. The van der Waals surface area contributed by atoms with Gasteiger partial charge in [0.05, 0.1) is 13.2 Å². The van der Waals surface area contributed by atoms with Gasteiger partial charge in [-0.2, -0.15) is 0 Å². The molecule has 1 saturated heterocycles. The van der Waals surface area contributed by atoms with Crippen molar-refractivity contribution in [3.05, 3.63) is 35.0 Å². The molecule has 4 N–H and O–H groups in total. The molecule has 0 radical (unpaired) electrons. The highest BCUT2D eigenvalue weighted by Gasteiger charge is 2.54. The van der Waals surface area contributed by atoms with Crippen LogP contribution in [0.2, 0.25) is 0 Å². The number of β-lactam (4-membered cyclic amide) rings is 1. The van der Waals surface area contributed by atoms with Gasteiger partial charge in [-0.05, 0) is 16.0 Å². The molecule has 2 aliphatic heterocycles. The minimum atomic E-state index is -1.28. The highest BCUT2D eigenvalue weighted by molar-refractivity contribution is 8.01. The SMILES string of the molecule is C=CCO/N=C(/C(=O)NC1C(=O)N2C(C(=O)O)=C(CSc3nnnn3CCO)CS[C@H]12)c1csc(NC=O)n1. The number of thiazole rings is 1. The monoisotopic (exact) mass is 595 g/mol. The number of aliphatic hydroxyl groups excluding tert-OH is 1. The summed E-state index contributed by atoms with van der Waals surface area (Å²) in [6.45, 7) is 3.54. The number of thioether (sulfide) groups is 2. The quantitative estimate of drug-likeness (QED) is 0.0398. The second-order valence-electron chi connectivity index (χ2n) is 7.64. The van der Waals surface area contributed by atoms with Gasteiger partial charge in [0.25, 0.3) is 11.8 Å². The maximum atomic E-state index is 13.1. The number of anilines is 1. The Kier molecular flexibility index (Phi) is 9.28. The summed E-state index contributed by atoms with van der Waals surface area (Å²) in [5, 5.41) is 40.5. The summed E-state index contributed by atoms with van der Waals surface area (Å²) in [6.07, 6.45) is 1.86. The van der Waals surface area contributed by atoms with Crippen molar-refractivity contribution >= 4 is 69.9 Å². The third-order valence-corrected chi connectivity index (χ3v) is 8.37. The Morgan fingerprint density at radius 3 is 2.95 bits per heavy atom. The molecule has 3 amide bonds. The van der Waals surface area contributed by atoms with Gasteiger partial charge in [-0.3, -0.25) is 19.3 Å². The number of rotatable bonds is 14. The van der Waals surface area contributed by atoms with Crippen LogP contribution in [-0.2, 0) is 30.6 Å². The molecule has 0 aromatic carbocycles. The highest BCUT2D eigenvalue weighted by atomic mass is 32.2. The van der Waals surface area contributed by atoms with Crippen LogP contribution in [0.1, 0.15) is 5.69 Å². The van der Waals surface area contributed by atoms with E-state index in [1.54, 1.807) is 0 Å². The second-order valence-corrected chi connectivity index (χ2v) is 10.5. The van der Waals surface area contributed by atoms with Crippen molar-refractivity contribution < 1.29 is 34.2 Å². The van der Waals surface area contributed by atoms with Gasteiger partial charge in [0, 0.05) is 16.9 Å². The van der Waals surface area contributed by atoms with E-state index in [0.29, 0.717) is 17.1 Å². The lowest BCUT2D eigenvalue weighted by molar-refractivity contribution is -0.150. The molecule has 0 saturated carbocycles. The number of hydrogen-bond donors (Lipinski definition) is 4. The third kappa shape index (κ3) is 6.10. The number of nitrogens with zero attached hydrogens (tertiary/aromatic N) is 7. The summed E-state index contributed by atoms with van der Waals surface area (Å²) < 4.78 is 1.39. The van der Waals surface area contributed by atoms with Gasteiger partial charge in [-0.25, -0.2) is 14.5 Å². The molecule has 0 bridgehead atoms. The molecule has 16 nitrogen and oxygen atoms in total. The first kappa shape index (κ1) is 28.2. The Bertz CT molecular complexity index is 1340. The highest BCUT2D eigenvalue weighted by Crippen LogP contribution is 2.41. The Morgan fingerprint density at radius 2 is 2.23 bits per heavy atom. The van der Waals surface area contributed by atoms with E-state index in [-0.39, 0.29) is 53.5 Å². The lowest BCUT2D eigenvalue weighted by Crippen LogP contribution is -2.71. The summed E-state index contributed by atoms with van der Waals surface area (Å²) in [6, 6.07) is -1.02. The van der Waals surface area contributed by atoms with Gasteiger partial charge in [0.1, 0.15) is 29.4 Å². The van der Waals surface area contributed by atoms with Crippen LogP contribution in [0, 0.1) is 0 Å². The maximum Gasteiger partial charge on any atom is 0.352 e. The van der Waals surface area contributed by atoms with Crippen molar-refractivity contribution in [1.82, 2.24) is 35.4 Å². The van der Waals surface area contributed by atoms with Crippen LogP contribution in [0.25, 0.3) is 0 Å². The molecule has 39 heavy (non-hydrogen) atoms. The smallest absolute Gasteiger partial charge is 0.352 e. The zero-order valence-electron chi connectivity index (χ0n) is 19.9. The van der Waals surface area contributed by atoms with Crippen LogP contribution in [0.5, 0.6) is 0 Å². The number of nitrogens with one attached hydrogen (secondary N) is 2. The number of carbonyl (C=O) groups is 4. The van der Waals surface area contributed by atoms with Gasteiger partial charge >= 0.3 is 5.97 Å². The number of carboxylic acids is 1. The zero-order chi connectivity index (χ0) is 27.9. The van der Waals surface area contributed by atoms with Crippen molar-refractivity contribution in [3.8, 4) is 0 Å². The molecular formula is C20H21N9O7S3. The number of aromatic nitrogens is 5. The standard InChI is InChI=1S/C20H21N9O7S3/c1-2-5-36-25-12(11-8-38-19(22-11)21-9-31)15(32)23-13-16(33)29-14(18(34)35)10(6-37-17(13)29)7-39-20-24-26-27-28(20)3-4-30/h2,8-9,13,17,30H,1,3-7H2,(H,23,32)(H,34,35)(H,21,22,31)/b25-12+/t13?,17-/m1/s1. The van der Waals surface area contributed by atoms with Gasteiger partial charge in [-0.15, -0.1) is 28.2 Å². The first-order chi connectivity index (χ1) is 18.9. The molecule has 2 aliphatic rings. The Morgan fingerprint density at radius 1 is 1.41 bits per heavy atom. The third-order valence-electron chi connectivity index (χ3n) is 5.22. The van der Waals surface area contributed by atoms with Crippen LogP contribution in [0.3, 0.4) is 0 Å². The van der Waals surface area contributed by atoms with E-state index in [9.17, 15) is 24.3 Å². The van der Waals surface area contributed by atoms with Crippen molar-refractivity contribution in [2.75, 3.05) is 30.0 Å². The lowest BCUT2D eigenvalue weighted by Gasteiger charge is -2.49. The van der Waals surface area contributed by atoms with Crippen molar-refractivity contribution in [3.63, 3.8) is 0 Å². The summed E-state index contributed by atoms with van der Waals surface area (Å²) in [5.41, 5.74) is 0.212. The number of aliphatic carboxylic acids is 1. The molecule has 4 rings (SSSR count). The Balaban J connectivity index is 1.48. The number of amides is 3. The fourth-order valence-corrected chi connectivity index (χ4v) is 6.59. The molecule has 0 aliphatic carbocycles. The number of hydrogen-bond acceptors (Lipinski definition) is 14. The number of oxime groups is 1. The van der Waals surface area contributed by atoms with E-state index in [2.05, 4.69) is 42.9 Å². The van der Waals surface area contributed by atoms with E-state index in [0.717, 1.165) is 16.2 Å². The fraction of sp³-hybridized carbons (Fsp3) is 0.350. The normalized spacial score (nSPS) is 18.7. The average Bonchev–Trinajstić information content (AvgIpc) is 3.57. The molecule has 1 unspecified atom stereocenters. The van der Waals surface area contributed by atoms with Crippen LogP contribution < -0.4 is 10.6 Å². The molecule has 2 aromatic rings. The molecule has 206 valence electrons. The van der Waals surface area contributed by atoms with Crippen LogP contribution in [0.15, 0.2) is 39.6 Å². The molecule has 4 heterocycles. The van der Waals surface area contributed by atoms with E-state index in [1.807, 2.05) is 0 Å². The number of tetrazole rings is 1. The topological polar surface area (TPSA) is 214 Å². The Hall–Kier alpha value is -3.81. The summed E-state index contributed by atoms with van der Waals surface area (Å²) in [5.74, 6) is -2.15. The number of carboxylic acid groups (broad SMARTS) is 1. The van der Waals surface area contributed by atoms with Gasteiger partial charge in [-0.1, -0.05) is 29.6 Å². The van der Waals surface area contributed by atoms with Crippen molar-refractivity contribution in [2.45, 2.75) is 23.1 Å². The molecule has 2 aromatic heterocycles. The first-order valence-electron chi connectivity index (χ1n) is 11.1. The van der Waals surface area contributed by atoms with Crippen LogP contribution in [0.4, 0.5) is 5.13 Å². The van der Waals surface area contributed by atoms with E-state index < -0.39 is 29.2 Å². The lowest BCUT2D eigenvalue weighted by atomic mass is 10.0. The minimum absolute atomic E-state index is 0.00883. The van der Waals surface area contributed by atoms with Gasteiger partial charge in [0.2, 0.25) is 11.6 Å². The molecular weight excluding hydrogens is 574 g/mol. The van der Waals surface area contributed by atoms with E-state index in [4.69, 9.17) is 9.94 Å². The zero-order valence-corrected chi connectivity index (χ0v) is 22.4. The predicted molar refractivity (Wildman–Crippen MR) is 140 cm³/mol. The number of fused-ring (bicyclic) bond motifs is 1. The molecule has 0 spiro atoms. The summed E-state index contributed by atoms with van der Waals surface area (Å²) >= 11 is 3.54. The minimum Gasteiger partial charge on any atom is -0.477 e. The Labute approximate surface area is 232 Å². The summed E-state index contributed by atoms with van der Waals surface area (Å²) in [7, 11) is 0. The van der Waals surface area contributed by atoms with Crippen molar-refractivity contribution in [2.24, 2.45) is 5.16 Å². The van der Waals surface area contributed by atoms with Gasteiger partial charge < -0.3 is 25.7 Å². The maximum absolute atomic E-state index is 13.1. The van der Waals surface area contributed by atoms with Crippen molar-refractivity contribution in [1.29, 1.82) is 0 Å². The van der Waals surface area contributed by atoms with Crippen LogP contribution >= 0.6 is 34.9 Å². The largest absolute Gasteiger partial charge is 0.477 e. The van der Waals surface area contributed by atoms with Crippen LogP contribution in [-0.4, -0.2) is 106 Å². The van der Waals surface area contributed by atoms with Gasteiger partial charge in [0.15, 0.2) is 10.8 Å². The van der Waals surface area contributed by atoms with E-state index >= 15 is 0 Å². The van der Waals surface area contributed by atoms with E-state index in [1.165, 1.54) is 39.7 Å². The fourth-order valence-electron chi connectivity index (χ4n) is 3.55. The number of aliphatic hydroxyl groups is 1. The molecule has 1 fully saturated rings. The summed E-state index contributed by atoms with van der Waals surface area (Å²) in [4.78, 5) is 59.3. The molecule has 2 atom stereocenters. The first-order valence-corrected chi connectivity index (χ1v) is 14.0. The average molecular weight is 596 g/mol. The predicted octanol–water partition coefficient (Wildman–Crippen LogP) is -0.872. The second kappa shape index (κ2) is 12.8. The number of carbonyl (C=O) groups excluding carboxylic acids is 3.